The number of aromatic nitrogens is 2. The molecule has 0 atom stereocenters. The van der Waals surface area contributed by atoms with Crippen molar-refractivity contribution in [2.24, 2.45) is 5.41 Å². The maximum absolute atomic E-state index is 10.1. The number of rotatable bonds is 8. The zero-order valence-corrected chi connectivity index (χ0v) is 18.5. The van der Waals surface area contributed by atoms with Gasteiger partial charge in [-0.05, 0) is 30.0 Å². The van der Waals surface area contributed by atoms with Crippen molar-refractivity contribution in [1.82, 2.24) is 9.97 Å². The van der Waals surface area contributed by atoms with E-state index >= 15 is 0 Å². The highest BCUT2D eigenvalue weighted by atomic mass is 32.2. The SMILES string of the molecule is OCC(CS)(CSc1nc2ccccc2s1)CSc1nc2ccccc2s1. The first-order chi connectivity index (χ1) is 13.2. The highest BCUT2D eigenvalue weighted by Gasteiger charge is 2.29. The molecule has 0 aliphatic rings. The van der Waals surface area contributed by atoms with Crippen LogP contribution < -0.4 is 0 Å². The van der Waals surface area contributed by atoms with Gasteiger partial charge in [-0.25, -0.2) is 9.97 Å². The van der Waals surface area contributed by atoms with E-state index in [1.807, 2.05) is 36.4 Å². The minimum Gasteiger partial charge on any atom is -0.396 e. The van der Waals surface area contributed by atoms with Gasteiger partial charge in [-0.3, -0.25) is 0 Å². The molecule has 0 saturated carbocycles. The van der Waals surface area contributed by atoms with Crippen molar-refractivity contribution < 1.29 is 5.11 Å². The van der Waals surface area contributed by atoms with E-state index in [9.17, 15) is 5.11 Å². The van der Waals surface area contributed by atoms with Gasteiger partial charge in [0.1, 0.15) is 0 Å². The first-order valence-electron chi connectivity index (χ1n) is 8.40. The van der Waals surface area contributed by atoms with Crippen LogP contribution in [-0.4, -0.2) is 38.9 Å². The summed E-state index contributed by atoms with van der Waals surface area (Å²) in [5.74, 6) is 2.19. The Morgan fingerprint density at radius 1 is 0.852 bits per heavy atom. The lowest BCUT2D eigenvalue weighted by Gasteiger charge is -2.28. The van der Waals surface area contributed by atoms with Crippen LogP contribution in [0.2, 0.25) is 0 Å². The molecule has 0 aliphatic carbocycles. The van der Waals surface area contributed by atoms with Crippen LogP contribution in [-0.2, 0) is 0 Å². The Balaban J connectivity index is 1.44. The molecule has 4 rings (SSSR count). The van der Waals surface area contributed by atoms with E-state index in [4.69, 9.17) is 0 Å². The van der Waals surface area contributed by atoms with Gasteiger partial charge in [0.15, 0.2) is 8.68 Å². The van der Waals surface area contributed by atoms with Crippen LogP contribution in [0.5, 0.6) is 0 Å². The number of nitrogens with zero attached hydrogens (tertiary/aromatic N) is 2. The number of para-hydroxylation sites is 2. The highest BCUT2D eigenvalue weighted by molar-refractivity contribution is 8.02. The first kappa shape index (κ1) is 19.5. The quantitative estimate of drug-likeness (QED) is 0.266. The molecular formula is C19H18N2OS5. The Hall–Kier alpha value is -0.770. The third-order valence-electron chi connectivity index (χ3n) is 4.22. The summed E-state index contributed by atoms with van der Waals surface area (Å²) in [5.41, 5.74) is 1.80. The molecule has 0 unspecified atom stereocenters. The van der Waals surface area contributed by atoms with Gasteiger partial charge in [0, 0.05) is 16.9 Å². The Morgan fingerprint density at radius 2 is 1.33 bits per heavy atom. The molecule has 4 aromatic rings. The molecule has 0 amide bonds. The Kier molecular flexibility index (Phi) is 6.31. The van der Waals surface area contributed by atoms with Gasteiger partial charge in [-0.15, -0.1) is 22.7 Å². The molecule has 0 aliphatic heterocycles. The summed E-state index contributed by atoms with van der Waals surface area (Å²) < 4.78 is 4.48. The molecule has 0 radical (unpaired) electrons. The zero-order chi connectivity index (χ0) is 18.7. The summed E-state index contributed by atoms with van der Waals surface area (Å²) in [6.07, 6.45) is 0. The minimum atomic E-state index is -0.270. The monoisotopic (exact) mass is 450 g/mol. The van der Waals surface area contributed by atoms with Crippen LogP contribution in [0.1, 0.15) is 0 Å². The molecule has 2 aromatic carbocycles. The second-order valence-corrected chi connectivity index (χ2v) is 11.1. The smallest absolute Gasteiger partial charge is 0.151 e. The number of fused-ring (bicyclic) bond motifs is 2. The summed E-state index contributed by atoms with van der Waals surface area (Å²) in [4.78, 5) is 9.38. The third kappa shape index (κ3) is 4.46. The number of aliphatic hydroxyl groups is 1. The molecular weight excluding hydrogens is 433 g/mol. The Bertz CT molecular complexity index is 895. The molecule has 0 saturated heterocycles. The molecule has 1 N–H and O–H groups in total. The topological polar surface area (TPSA) is 46.0 Å². The second-order valence-electron chi connectivity index (χ2n) is 6.29. The summed E-state index contributed by atoms with van der Waals surface area (Å²) >= 11 is 11.4. The zero-order valence-electron chi connectivity index (χ0n) is 14.4. The fourth-order valence-electron chi connectivity index (χ4n) is 2.53. The molecule has 140 valence electrons. The summed E-state index contributed by atoms with van der Waals surface area (Å²) in [6.45, 7) is 0.103. The van der Waals surface area contributed by atoms with Crippen LogP contribution in [0.15, 0.2) is 57.2 Å². The van der Waals surface area contributed by atoms with E-state index in [1.54, 1.807) is 46.2 Å². The molecule has 3 nitrogen and oxygen atoms in total. The van der Waals surface area contributed by atoms with Gasteiger partial charge < -0.3 is 5.11 Å². The van der Waals surface area contributed by atoms with E-state index in [0.717, 1.165) is 31.2 Å². The van der Waals surface area contributed by atoms with Crippen LogP contribution >= 0.6 is 58.8 Å². The van der Waals surface area contributed by atoms with Crippen LogP contribution in [0.3, 0.4) is 0 Å². The lowest BCUT2D eigenvalue weighted by Crippen LogP contribution is -2.33. The number of benzene rings is 2. The lowest BCUT2D eigenvalue weighted by molar-refractivity contribution is 0.188. The molecule has 2 aromatic heterocycles. The van der Waals surface area contributed by atoms with Crippen LogP contribution in [0.4, 0.5) is 0 Å². The van der Waals surface area contributed by atoms with E-state index < -0.39 is 0 Å². The van der Waals surface area contributed by atoms with Gasteiger partial charge >= 0.3 is 0 Å². The van der Waals surface area contributed by atoms with Crippen molar-refractivity contribution in [3.63, 3.8) is 0 Å². The molecule has 8 heteroatoms. The van der Waals surface area contributed by atoms with Crippen molar-refractivity contribution in [3.8, 4) is 0 Å². The number of thioether (sulfide) groups is 2. The predicted molar refractivity (Wildman–Crippen MR) is 124 cm³/mol. The van der Waals surface area contributed by atoms with Gasteiger partial charge in [0.05, 0.1) is 27.0 Å². The maximum Gasteiger partial charge on any atom is 0.151 e. The maximum atomic E-state index is 10.1. The van der Waals surface area contributed by atoms with Crippen LogP contribution in [0.25, 0.3) is 20.4 Å². The molecule has 0 spiro atoms. The summed E-state index contributed by atoms with van der Waals surface area (Å²) in [5, 5.41) is 10.1. The largest absolute Gasteiger partial charge is 0.396 e. The van der Waals surface area contributed by atoms with Crippen molar-refractivity contribution in [1.29, 1.82) is 0 Å². The average molecular weight is 451 g/mol. The van der Waals surface area contributed by atoms with Gasteiger partial charge in [-0.1, -0.05) is 47.8 Å². The van der Waals surface area contributed by atoms with Gasteiger partial charge in [-0.2, -0.15) is 12.6 Å². The average Bonchev–Trinajstić information content (AvgIpc) is 3.32. The van der Waals surface area contributed by atoms with E-state index in [-0.39, 0.29) is 12.0 Å². The number of thiol groups is 1. The van der Waals surface area contributed by atoms with Crippen molar-refractivity contribution in [3.05, 3.63) is 48.5 Å². The van der Waals surface area contributed by atoms with Gasteiger partial charge in [0.2, 0.25) is 0 Å². The van der Waals surface area contributed by atoms with E-state index in [0.29, 0.717) is 5.75 Å². The fraction of sp³-hybridized carbons (Fsp3) is 0.263. The fourth-order valence-corrected chi connectivity index (χ4v) is 7.82. The Labute approximate surface area is 180 Å². The van der Waals surface area contributed by atoms with Crippen molar-refractivity contribution >= 4 is 79.3 Å². The van der Waals surface area contributed by atoms with Crippen molar-refractivity contribution in [2.45, 2.75) is 8.68 Å². The standard InChI is InChI=1S/C19H18N2OS5/c22-9-19(10-23,11-24-17-20-13-5-1-3-7-15(13)26-17)12-25-18-21-14-6-2-4-8-16(14)27-18/h1-8,22-23H,9-12H2. The molecule has 0 fully saturated rings. The molecule has 0 bridgehead atoms. The normalized spacial score (nSPS) is 12.2. The lowest BCUT2D eigenvalue weighted by atomic mass is 9.97. The van der Waals surface area contributed by atoms with Gasteiger partial charge in [0.25, 0.3) is 0 Å². The van der Waals surface area contributed by atoms with E-state index in [1.165, 1.54) is 9.40 Å². The highest BCUT2D eigenvalue weighted by Crippen LogP contribution is 2.38. The summed E-state index contributed by atoms with van der Waals surface area (Å²) in [7, 11) is 0. The minimum absolute atomic E-state index is 0.103. The number of hydrogen-bond donors (Lipinski definition) is 2. The van der Waals surface area contributed by atoms with Crippen LogP contribution in [0, 0.1) is 5.41 Å². The number of thiazole rings is 2. The first-order valence-corrected chi connectivity index (χ1v) is 12.6. The van der Waals surface area contributed by atoms with E-state index in [2.05, 4.69) is 34.7 Å². The molecule has 27 heavy (non-hydrogen) atoms. The Morgan fingerprint density at radius 3 is 1.74 bits per heavy atom. The summed E-state index contributed by atoms with van der Waals surface area (Å²) in [6, 6.07) is 16.4. The third-order valence-corrected chi connectivity index (χ3v) is 9.95. The van der Waals surface area contributed by atoms with Crippen molar-refractivity contribution in [2.75, 3.05) is 23.9 Å². The second kappa shape index (κ2) is 8.71. The predicted octanol–water partition coefficient (Wildman–Crippen LogP) is 5.70. The number of hydrogen-bond acceptors (Lipinski definition) is 8. The molecule has 2 heterocycles. The number of aliphatic hydroxyl groups excluding tert-OH is 1.